The van der Waals surface area contributed by atoms with Crippen molar-refractivity contribution in [1.29, 1.82) is 0 Å². The van der Waals surface area contributed by atoms with Gasteiger partial charge in [0, 0.05) is 18.3 Å². The molecule has 2 unspecified atom stereocenters. The quantitative estimate of drug-likeness (QED) is 0.433. The number of rotatable bonds is 11. The van der Waals surface area contributed by atoms with Gasteiger partial charge in [-0.2, -0.15) is 0 Å². The van der Waals surface area contributed by atoms with Gasteiger partial charge in [-0.05, 0) is 48.0 Å². The minimum absolute atomic E-state index is 0.0315. The van der Waals surface area contributed by atoms with Crippen LogP contribution in [-0.4, -0.2) is 52.2 Å². The number of ether oxygens (including phenoxy) is 2. The van der Waals surface area contributed by atoms with E-state index in [2.05, 4.69) is 6.92 Å². The maximum Gasteiger partial charge on any atom is 0.532 e. The Hall–Kier alpha value is 0.0169. The molecule has 1 heterocycles. The largest absolute Gasteiger partial charge is 0.532 e. The highest BCUT2D eigenvalue weighted by Gasteiger charge is 2.52. The summed E-state index contributed by atoms with van der Waals surface area (Å²) in [6.45, 7) is 15.5. The molecule has 0 amide bonds. The van der Waals surface area contributed by atoms with E-state index in [9.17, 15) is 0 Å². The lowest BCUT2D eigenvalue weighted by Crippen LogP contribution is -2.60. The van der Waals surface area contributed by atoms with Gasteiger partial charge >= 0.3 is 8.80 Å². The van der Waals surface area contributed by atoms with E-state index in [1.165, 1.54) is 0 Å². The van der Waals surface area contributed by atoms with E-state index in [1.807, 2.05) is 41.5 Å². The lowest BCUT2D eigenvalue weighted by atomic mass is 10.5. The van der Waals surface area contributed by atoms with Crippen molar-refractivity contribution in [2.24, 2.45) is 0 Å². The first-order chi connectivity index (χ1) is 9.79. The van der Waals surface area contributed by atoms with Gasteiger partial charge in [-0.25, -0.2) is 0 Å². The number of hydrogen-bond acceptors (Lipinski definition) is 5. The van der Waals surface area contributed by atoms with Crippen molar-refractivity contribution in [3.05, 3.63) is 0 Å². The Bertz CT molecular complexity index is 265. The van der Waals surface area contributed by atoms with Crippen LogP contribution in [0.5, 0.6) is 0 Å². The van der Waals surface area contributed by atoms with E-state index in [4.69, 9.17) is 22.8 Å². The molecule has 0 radical (unpaired) electrons. The summed E-state index contributed by atoms with van der Waals surface area (Å²) in [6.07, 6.45) is 1.12. The van der Waals surface area contributed by atoms with Crippen LogP contribution in [0.15, 0.2) is 0 Å². The zero-order chi connectivity index (χ0) is 16.0. The molecule has 5 nitrogen and oxygen atoms in total. The van der Waals surface area contributed by atoms with Crippen molar-refractivity contribution >= 4 is 8.80 Å². The Balaban J connectivity index is 2.89. The third-order valence-electron chi connectivity index (χ3n) is 2.85. The molecule has 1 aliphatic heterocycles. The van der Waals surface area contributed by atoms with Gasteiger partial charge in [-0.1, -0.05) is 6.92 Å². The third kappa shape index (κ3) is 6.75. The molecule has 126 valence electrons. The molecule has 0 aromatic carbocycles. The lowest BCUT2D eigenvalue weighted by molar-refractivity contribution is -0.0524. The first-order valence-corrected chi connectivity index (χ1v) is 9.85. The highest BCUT2D eigenvalue weighted by molar-refractivity contribution is 6.62. The summed E-state index contributed by atoms with van der Waals surface area (Å²) in [5, 5.41) is 0. The minimum atomic E-state index is -2.93. The smallest absolute Gasteiger partial charge is 0.371 e. The Morgan fingerprint density at radius 1 is 0.952 bits per heavy atom. The van der Waals surface area contributed by atoms with E-state index in [0.29, 0.717) is 6.61 Å². The van der Waals surface area contributed by atoms with Gasteiger partial charge in [-0.15, -0.1) is 0 Å². The van der Waals surface area contributed by atoms with Gasteiger partial charge in [0.1, 0.15) is 11.8 Å². The van der Waals surface area contributed by atoms with Crippen LogP contribution in [-0.2, 0) is 22.8 Å². The van der Waals surface area contributed by atoms with Crippen molar-refractivity contribution in [3.63, 3.8) is 0 Å². The molecular weight excluding hydrogens is 288 g/mol. The normalized spacial score (nSPS) is 20.6. The molecule has 0 N–H and O–H groups in total. The Morgan fingerprint density at radius 2 is 1.38 bits per heavy atom. The molecule has 0 bridgehead atoms. The molecule has 0 aromatic heterocycles. The summed E-state index contributed by atoms with van der Waals surface area (Å²) in [6, 6.07) is 0. The number of epoxide rings is 1. The van der Waals surface area contributed by atoms with Gasteiger partial charge in [0.2, 0.25) is 0 Å². The first kappa shape index (κ1) is 19.1. The molecule has 1 fully saturated rings. The fraction of sp³-hybridized carbons (Fsp3) is 1.00. The van der Waals surface area contributed by atoms with Crippen LogP contribution in [0.2, 0.25) is 0 Å². The molecule has 0 aliphatic carbocycles. The van der Waals surface area contributed by atoms with Crippen LogP contribution in [0.25, 0.3) is 0 Å². The van der Waals surface area contributed by atoms with Gasteiger partial charge in [0.05, 0.1) is 13.2 Å². The molecule has 0 spiro atoms. The van der Waals surface area contributed by atoms with Crippen LogP contribution in [0.1, 0.15) is 54.9 Å². The molecule has 1 saturated heterocycles. The second-order valence-electron chi connectivity index (χ2n) is 6.29. The molecule has 0 aromatic rings. The highest BCUT2D eigenvalue weighted by Crippen LogP contribution is 2.26. The number of hydrogen-bond donors (Lipinski definition) is 0. The Kier molecular flexibility index (Phi) is 7.81. The van der Waals surface area contributed by atoms with E-state index in [-0.39, 0.29) is 30.1 Å². The fourth-order valence-electron chi connectivity index (χ4n) is 2.15. The first-order valence-electron chi connectivity index (χ1n) is 8.05. The topological polar surface area (TPSA) is 49.5 Å². The average Bonchev–Trinajstić information content (AvgIpc) is 3.10. The van der Waals surface area contributed by atoms with Gasteiger partial charge in [-0.3, -0.25) is 0 Å². The maximum atomic E-state index is 6.19. The Morgan fingerprint density at radius 3 is 1.67 bits per heavy atom. The molecular formula is C15H32O5Si. The third-order valence-corrected chi connectivity index (χ3v) is 6.61. The second-order valence-corrected chi connectivity index (χ2v) is 8.85. The fourth-order valence-corrected chi connectivity index (χ4v) is 5.55. The molecule has 21 heavy (non-hydrogen) atoms. The summed E-state index contributed by atoms with van der Waals surface area (Å²) in [4.78, 5) is 0. The van der Waals surface area contributed by atoms with Crippen LogP contribution in [0.4, 0.5) is 0 Å². The molecule has 1 rings (SSSR count). The minimum Gasteiger partial charge on any atom is -0.371 e. The standard InChI is InChI=1S/C15H32O5Si/c1-8-15(17-10-14-9-16-14)21(18-11(2)3,19-12(4)5)20-13(6)7/h11-15H,8-10H2,1-7H3. The van der Waals surface area contributed by atoms with E-state index in [1.54, 1.807) is 0 Å². The van der Waals surface area contributed by atoms with Crippen molar-refractivity contribution in [1.82, 2.24) is 0 Å². The zero-order valence-corrected chi connectivity index (χ0v) is 15.5. The molecule has 0 saturated carbocycles. The monoisotopic (exact) mass is 320 g/mol. The van der Waals surface area contributed by atoms with Gasteiger partial charge in [0.15, 0.2) is 0 Å². The summed E-state index contributed by atoms with van der Waals surface area (Å²) >= 11 is 0. The molecule has 1 aliphatic rings. The van der Waals surface area contributed by atoms with E-state index in [0.717, 1.165) is 13.0 Å². The van der Waals surface area contributed by atoms with Crippen LogP contribution >= 0.6 is 0 Å². The second kappa shape index (κ2) is 8.60. The molecule has 6 heteroatoms. The predicted molar refractivity (Wildman–Crippen MR) is 84.2 cm³/mol. The Labute approximate surface area is 130 Å². The maximum absolute atomic E-state index is 6.19. The van der Waals surface area contributed by atoms with Crippen LogP contribution in [0.3, 0.4) is 0 Å². The average molecular weight is 321 g/mol. The van der Waals surface area contributed by atoms with Crippen molar-refractivity contribution in [3.8, 4) is 0 Å². The van der Waals surface area contributed by atoms with Crippen LogP contribution < -0.4 is 0 Å². The van der Waals surface area contributed by atoms with Gasteiger partial charge in [0.25, 0.3) is 0 Å². The lowest BCUT2D eigenvalue weighted by Gasteiger charge is -2.39. The highest BCUT2D eigenvalue weighted by atomic mass is 28.4. The molecule has 2 atom stereocenters. The van der Waals surface area contributed by atoms with E-state index < -0.39 is 8.80 Å². The van der Waals surface area contributed by atoms with Crippen molar-refractivity contribution in [2.75, 3.05) is 13.2 Å². The summed E-state index contributed by atoms with van der Waals surface area (Å²) in [7, 11) is -2.93. The van der Waals surface area contributed by atoms with Crippen molar-refractivity contribution < 1.29 is 22.8 Å². The van der Waals surface area contributed by atoms with E-state index >= 15 is 0 Å². The zero-order valence-electron chi connectivity index (χ0n) is 14.5. The van der Waals surface area contributed by atoms with Gasteiger partial charge < -0.3 is 22.8 Å². The van der Waals surface area contributed by atoms with Crippen molar-refractivity contribution in [2.45, 2.75) is 85.0 Å². The predicted octanol–water partition coefficient (Wildman–Crippen LogP) is 2.93. The SMILES string of the molecule is CCC(OCC1CO1)[Si](OC(C)C)(OC(C)C)OC(C)C. The summed E-state index contributed by atoms with van der Waals surface area (Å²) in [5.74, 6) is 0. The van der Waals surface area contributed by atoms with Crippen LogP contribution in [0, 0.1) is 0 Å². The summed E-state index contributed by atoms with van der Waals surface area (Å²) in [5.41, 5.74) is -0.158. The summed E-state index contributed by atoms with van der Waals surface area (Å²) < 4.78 is 29.9.